The molecule has 0 aromatic carbocycles. The van der Waals surface area contributed by atoms with Crippen LogP contribution in [0.3, 0.4) is 0 Å². The molecule has 0 spiro atoms. The van der Waals surface area contributed by atoms with Crippen LogP contribution < -0.4 is 5.32 Å². The third kappa shape index (κ3) is 2.94. The minimum Gasteiger partial charge on any atom is -0.480 e. The number of aliphatic carboxylic acids is 1. The minimum atomic E-state index is -1.05. The number of carbonyl (C=O) groups is 2. The molecule has 0 radical (unpaired) electrons. The summed E-state index contributed by atoms with van der Waals surface area (Å²) in [4.78, 5) is 22.1. The van der Waals surface area contributed by atoms with Gasteiger partial charge in [0.05, 0.1) is 19.0 Å². The summed E-state index contributed by atoms with van der Waals surface area (Å²) in [6.45, 7) is -0.101. The fourth-order valence-electron chi connectivity index (χ4n) is 1.29. The highest BCUT2D eigenvalue weighted by Gasteiger charge is 2.12. The first kappa shape index (κ1) is 11.8. The molecule has 0 aliphatic rings. The Balaban J connectivity index is 1.92. The average molecular weight is 250 g/mol. The van der Waals surface area contributed by atoms with Gasteiger partial charge in [0.1, 0.15) is 12.3 Å². The van der Waals surface area contributed by atoms with Crippen molar-refractivity contribution in [2.75, 3.05) is 0 Å². The highest BCUT2D eigenvalue weighted by atomic mass is 16.4. The van der Waals surface area contributed by atoms with Crippen LogP contribution in [0, 0.1) is 0 Å². The van der Waals surface area contributed by atoms with Crippen LogP contribution in [0.2, 0.25) is 0 Å². The molecule has 1 amide bonds. The van der Waals surface area contributed by atoms with Gasteiger partial charge in [0, 0.05) is 0 Å². The van der Waals surface area contributed by atoms with Gasteiger partial charge in [0.15, 0.2) is 5.69 Å². The molecule has 8 heteroatoms. The number of carboxylic acids is 1. The van der Waals surface area contributed by atoms with Crippen molar-refractivity contribution in [2.24, 2.45) is 0 Å². The number of carbonyl (C=O) groups excluding carboxylic acids is 1. The van der Waals surface area contributed by atoms with Crippen LogP contribution in [0.25, 0.3) is 0 Å². The van der Waals surface area contributed by atoms with Gasteiger partial charge in [-0.05, 0) is 12.1 Å². The first-order chi connectivity index (χ1) is 8.65. The van der Waals surface area contributed by atoms with Gasteiger partial charge in [-0.2, -0.15) is 0 Å². The first-order valence-electron chi connectivity index (χ1n) is 5.07. The summed E-state index contributed by atoms with van der Waals surface area (Å²) in [5.74, 6) is -0.883. The van der Waals surface area contributed by atoms with Gasteiger partial charge in [-0.3, -0.25) is 9.59 Å². The van der Waals surface area contributed by atoms with Crippen LogP contribution in [0.15, 0.2) is 29.0 Å². The number of furan rings is 1. The van der Waals surface area contributed by atoms with Crippen LogP contribution >= 0.6 is 0 Å². The molecule has 0 aliphatic heterocycles. The van der Waals surface area contributed by atoms with Crippen LogP contribution in [0.1, 0.15) is 16.2 Å². The number of hydrogen-bond acceptors (Lipinski definition) is 5. The van der Waals surface area contributed by atoms with Crippen molar-refractivity contribution in [1.29, 1.82) is 0 Å². The van der Waals surface area contributed by atoms with Crippen molar-refractivity contribution in [2.45, 2.75) is 13.1 Å². The molecule has 2 aromatic rings. The molecule has 8 nitrogen and oxygen atoms in total. The predicted octanol–water partition coefficient (Wildman–Crippen LogP) is -0.114. The van der Waals surface area contributed by atoms with E-state index in [9.17, 15) is 9.59 Å². The second kappa shape index (κ2) is 5.13. The van der Waals surface area contributed by atoms with E-state index in [1.54, 1.807) is 12.1 Å². The number of hydrogen-bond donors (Lipinski definition) is 2. The standard InChI is InChI=1S/C10H10N4O4/c15-9(16)6-14-5-8(12-13-14)10(17)11-4-7-2-1-3-18-7/h1-3,5H,4,6H2,(H,11,17)(H,15,16). The number of amides is 1. The summed E-state index contributed by atoms with van der Waals surface area (Å²) in [6, 6.07) is 3.44. The second-order valence-electron chi connectivity index (χ2n) is 3.46. The van der Waals surface area contributed by atoms with Crippen molar-refractivity contribution in [3.63, 3.8) is 0 Å². The van der Waals surface area contributed by atoms with E-state index in [1.165, 1.54) is 12.5 Å². The molecule has 2 heterocycles. The second-order valence-corrected chi connectivity index (χ2v) is 3.46. The van der Waals surface area contributed by atoms with E-state index in [0.717, 1.165) is 4.68 Å². The van der Waals surface area contributed by atoms with Crippen LogP contribution in [-0.4, -0.2) is 32.0 Å². The number of carboxylic acid groups (broad SMARTS) is 1. The predicted molar refractivity (Wildman–Crippen MR) is 57.5 cm³/mol. The van der Waals surface area contributed by atoms with Gasteiger partial charge in [-0.15, -0.1) is 5.10 Å². The Labute approximate surface area is 101 Å². The summed E-state index contributed by atoms with van der Waals surface area (Å²) in [6.07, 6.45) is 2.77. The zero-order valence-electron chi connectivity index (χ0n) is 9.24. The van der Waals surface area contributed by atoms with Gasteiger partial charge in [0.2, 0.25) is 0 Å². The SMILES string of the molecule is O=C(O)Cn1cc(C(=O)NCc2ccco2)nn1. The van der Waals surface area contributed by atoms with Crippen molar-refractivity contribution in [3.05, 3.63) is 36.0 Å². The topological polar surface area (TPSA) is 110 Å². The van der Waals surface area contributed by atoms with E-state index in [4.69, 9.17) is 9.52 Å². The number of aromatic nitrogens is 3. The Hall–Kier alpha value is -2.64. The van der Waals surface area contributed by atoms with E-state index in [1.807, 2.05) is 0 Å². The molecule has 18 heavy (non-hydrogen) atoms. The molecule has 0 saturated heterocycles. The number of nitrogens with zero attached hydrogens (tertiary/aromatic N) is 3. The van der Waals surface area contributed by atoms with Crippen LogP contribution in [-0.2, 0) is 17.9 Å². The lowest BCUT2D eigenvalue weighted by Gasteiger charge is -1.98. The zero-order chi connectivity index (χ0) is 13.0. The molecule has 2 rings (SSSR count). The lowest BCUT2D eigenvalue weighted by molar-refractivity contribution is -0.137. The van der Waals surface area contributed by atoms with Crippen LogP contribution in [0.5, 0.6) is 0 Å². The Morgan fingerprint density at radius 2 is 2.33 bits per heavy atom. The van der Waals surface area contributed by atoms with Gasteiger partial charge in [-0.25, -0.2) is 4.68 Å². The maximum atomic E-state index is 11.6. The Morgan fingerprint density at radius 1 is 1.50 bits per heavy atom. The van der Waals surface area contributed by atoms with Gasteiger partial charge in [-0.1, -0.05) is 5.21 Å². The van der Waals surface area contributed by atoms with E-state index < -0.39 is 11.9 Å². The summed E-state index contributed by atoms with van der Waals surface area (Å²) in [5.41, 5.74) is 0.0582. The summed E-state index contributed by atoms with van der Waals surface area (Å²) in [5, 5.41) is 18.2. The molecule has 0 aliphatic carbocycles. The number of rotatable bonds is 5. The Bertz CT molecular complexity index is 546. The van der Waals surface area contributed by atoms with E-state index in [-0.39, 0.29) is 18.8 Å². The largest absolute Gasteiger partial charge is 0.480 e. The van der Waals surface area contributed by atoms with Crippen molar-refractivity contribution >= 4 is 11.9 Å². The molecular formula is C10H10N4O4. The summed E-state index contributed by atoms with van der Waals surface area (Å²) in [7, 11) is 0. The molecule has 0 saturated carbocycles. The quantitative estimate of drug-likeness (QED) is 0.765. The maximum Gasteiger partial charge on any atom is 0.325 e. The third-order valence-corrected chi connectivity index (χ3v) is 2.07. The monoisotopic (exact) mass is 250 g/mol. The molecule has 0 bridgehead atoms. The lowest BCUT2D eigenvalue weighted by atomic mass is 10.4. The van der Waals surface area contributed by atoms with E-state index in [2.05, 4.69) is 15.6 Å². The van der Waals surface area contributed by atoms with Crippen molar-refractivity contribution in [1.82, 2.24) is 20.3 Å². The molecule has 2 N–H and O–H groups in total. The van der Waals surface area contributed by atoms with Crippen molar-refractivity contribution in [3.8, 4) is 0 Å². The fraction of sp³-hybridized carbons (Fsp3) is 0.200. The summed E-state index contributed by atoms with van der Waals surface area (Å²) < 4.78 is 6.12. The number of nitrogens with one attached hydrogen (secondary N) is 1. The van der Waals surface area contributed by atoms with Crippen LogP contribution in [0.4, 0.5) is 0 Å². The minimum absolute atomic E-state index is 0.0582. The highest BCUT2D eigenvalue weighted by molar-refractivity contribution is 5.91. The van der Waals surface area contributed by atoms with E-state index >= 15 is 0 Å². The third-order valence-electron chi connectivity index (χ3n) is 2.07. The summed E-state index contributed by atoms with van der Waals surface area (Å²) >= 11 is 0. The van der Waals surface area contributed by atoms with Crippen molar-refractivity contribution < 1.29 is 19.1 Å². The molecular weight excluding hydrogens is 240 g/mol. The zero-order valence-corrected chi connectivity index (χ0v) is 9.24. The maximum absolute atomic E-state index is 11.6. The highest BCUT2D eigenvalue weighted by Crippen LogP contribution is 2.00. The first-order valence-corrected chi connectivity index (χ1v) is 5.07. The van der Waals surface area contributed by atoms with Gasteiger partial charge >= 0.3 is 5.97 Å². The van der Waals surface area contributed by atoms with Gasteiger partial charge < -0.3 is 14.8 Å². The molecule has 2 aromatic heterocycles. The Kier molecular flexibility index (Phi) is 3.37. The molecule has 0 atom stereocenters. The smallest absolute Gasteiger partial charge is 0.325 e. The normalized spacial score (nSPS) is 10.2. The molecule has 0 unspecified atom stereocenters. The van der Waals surface area contributed by atoms with E-state index in [0.29, 0.717) is 5.76 Å². The Morgan fingerprint density at radius 3 is 3.00 bits per heavy atom. The molecule has 0 fully saturated rings. The average Bonchev–Trinajstić information content (AvgIpc) is 2.95. The lowest BCUT2D eigenvalue weighted by Crippen LogP contribution is -2.22. The molecule has 94 valence electrons. The van der Waals surface area contributed by atoms with Gasteiger partial charge in [0.25, 0.3) is 5.91 Å². The fourth-order valence-corrected chi connectivity index (χ4v) is 1.29.